The maximum atomic E-state index is 13.2. The SMILES string of the molecule is Cc1ccc(C(=O)N2CCCN(CC(C)C)C(c3nc(C)no3)C2)c(C)c1. The van der Waals surface area contributed by atoms with Gasteiger partial charge in [0.2, 0.25) is 5.89 Å². The van der Waals surface area contributed by atoms with Crippen molar-refractivity contribution in [3.63, 3.8) is 0 Å². The predicted octanol–water partition coefficient (Wildman–Crippen LogP) is 3.54. The van der Waals surface area contributed by atoms with Gasteiger partial charge in [-0.3, -0.25) is 9.69 Å². The molecule has 3 rings (SSSR count). The maximum Gasteiger partial charge on any atom is 0.254 e. The van der Waals surface area contributed by atoms with E-state index in [4.69, 9.17) is 4.52 Å². The molecule has 0 radical (unpaired) electrons. The average molecular weight is 370 g/mol. The minimum atomic E-state index is -0.0641. The largest absolute Gasteiger partial charge is 0.338 e. The molecule has 2 aromatic rings. The van der Waals surface area contributed by atoms with Crippen molar-refractivity contribution in [1.82, 2.24) is 19.9 Å². The Morgan fingerprint density at radius 2 is 2.04 bits per heavy atom. The number of aryl methyl sites for hydroxylation is 3. The summed E-state index contributed by atoms with van der Waals surface area (Å²) in [5.41, 5.74) is 2.97. The molecular weight excluding hydrogens is 340 g/mol. The maximum absolute atomic E-state index is 13.2. The zero-order valence-corrected chi connectivity index (χ0v) is 17.0. The fourth-order valence-corrected chi connectivity index (χ4v) is 3.81. The van der Waals surface area contributed by atoms with Crippen LogP contribution in [0.15, 0.2) is 22.7 Å². The number of carbonyl (C=O) groups excluding carboxylic acids is 1. The van der Waals surface area contributed by atoms with Crippen LogP contribution in [-0.2, 0) is 0 Å². The highest BCUT2D eigenvalue weighted by atomic mass is 16.5. The van der Waals surface area contributed by atoms with E-state index in [1.54, 1.807) is 0 Å². The molecule has 1 unspecified atom stereocenters. The molecule has 1 aliphatic rings. The molecule has 1 aromatic carbocycles. The van der Waals surface area contributed by atoms with E-state index in [2.05, 4.69) is 35.0 Å². The Balaban J connectivity index is 1.88. The minimum absolute atomic E-state index is 0.0641. The number of aromatic nitrogens is 2. The second-order valence-electron chi connectivity index (χ2n) is 8.01. The standard InChI is InChI=1S/C21H30N4O2/c1-14(2)12-24-9-6-10-25(13-19(24)20-22-17(5)23-27-20)21(26)18-8-7-15(3)11-16(18)4/h7-8,11,14,19H,6,9-10,12-13H2,1-5H3. The molecule has 6 nitrogen and oxygen atoms in total. The second kappa shape index (κ2) is 8.21. The molecule has 0 bridgehead atoms. The molecule has 6 heteroatoms. The summed E-state index contributed by atoms with van der Waals surface area (Å²) < 4.78 is 5.50. The lowest BCUT2D eigenvalue weighted by molar-refractivity contribution is 0.0708. The summed E-state index contributed by atoms with van der Waals surface area (Å²) in [7, 11) is 0. The van der Waals surface area contributed by atoms with Gasteiger partial charge in [0.15, 0.2) is 5.82 Å². The first-order valence-electron chi connectivity index (χ1n) is 9.76. The van der Waals surface area contributed by atoms with Crippen LogP contribution in [0.25, 0.3) is 0 Å². The fourth-order valence-electron chi connectivity index (χ4n) is 3.81. The average Bonchev–Trinajstić information content (AvgIpc) is 2.91. The zero-order chi connectivity index (χ0) is 19.6. The van der Waals surface area contributed by atoms with Crippen molar-refractivity contribution in [3.8, 4) is 0 Å². The number of amides is 1. The number of benzene rings is 1. The van der Waals surface area contributed by atoms with Gasteiger partial charge in [-0.2, -0.15) is 4.98 Å². The second-order valence-corrected chi connectivity index (χ2v) is 8.01. The van der Waals surface area contributed by atoms with Crippen molar-refractivity contribution in [1.29, 1.82) is 0 Å². The number of hydrogen-bond acceptors (Lipinski definition) is 5. The quantitative estimate of drug-likeness (QED) is 0.824. The van der Waals surface area contributed by atoms with Gasteiger partial charge in [-0.05, 0) is 44.7 Å². The molecular formula is C21H30N4O2. The first-order chi connectivity index (χ1) is 12.8. The highest BCUT2D eigenvalue weighted by molar-refractivity contribution is 5.95. The summed E-state index contributed by atoms with van der Waals surface area (Å²) in [4.78, 5) is 22.0. The van der Waals surface area contributed by atoms with E-state index in [0.717, 1.165) is 37.2 Å². The lowest BCUT2D eigenvalue weighted by atomic mass is 10.0. The summed E-state index contributed by atoms with van der Waals surface area (Å²) in [6.45, 7) is 13.5. The Kier molecular flexibility index (Phi) is 5.95. The van der Waals surface area contributed by atoms with Crippen LogP contribution in [0.2, 0.25) is 0 Å². The highest BCUT2D eigenvalue weighted by Crippen LogP contribution is 2.26. The van der Waals surface area contributed by atoms with Gasteiger partial charge < -0.3 is 9.42 Å². The van der Waals surface area contributed by atoms with E-state index in [1.165, 1.54) is 5.56 Å². The van der Waals surface area contributed by atoms with Crippen LogP contribution in [0, 0.1) is 26.7 Å². The van der Waals surface area contributed by atoms with Crippen LogP contribution in [0.3, 0.4) is 0 Å². The first-order valence-corrected chi connectivity index (χ1v) is 9.76. The van der Waals surface area contributed by atoms with Gasteiger partial charge in [0.25, 0.3) is 5.91 Å². The third-order valence-electron chi connectivity index (χ3n) is 5.03. The summed E-state index contributed by atoms with van der Waals surface area (Å²) in [5.74, 6) is 1.85. The van der Waals surface area contributed by atoms with E-state index < -0.39 is 0 Å². The van der Waals surface area contributed by atoms with E-state index in [1.807, 2.05) is 37.8 Å². The van der Waals surface area contributed by atoms with Gasteiger partial charge >= 0.3 is 0 Å². The first kappa shape index (κ1) is 19.5. The van der Waals surface area contributed by atoms with Crippen molar-refractivity contribution in [2.24, 2.45) is 5.92 Å². The number of hydrogen-bond donors (Lipinski definition) is 0. The minimum Gasteiger partial charge on any atom is -0.338 e. The van der Waals surface area contributed by atoms with E-state index in [-0.39, 0.29) is 11.9 Å². The van der Waals surface area contributed by atoms with Crippen molar-refractivity contribution < 1.29 is 9.32 Å². The molecule has 1 fully saturated rings. The van der Waals surface area contributed by atoms with Crippen molar-refractivity contribution >= 4 is 5.91 Å². The van der Waals surface area contributed by atoms with Gasteiger partial charge in [-0.15, -0.1) is 0 Å². The normalized spacial score (nSPS) is 18.7. The third-order valence-corrected chi connectivity index (χ3v) is 5.03. The van der Waals surface area contributed by atoms with Crippen LogP contribution >= 0.6 is 0 Å². The summed E-state index contributed by atoms with van der Waals surface area (Å²) in [5, 5.41) is 3.97. The van der Waals surface area contributed by atoms with E-state index in [0.29, 0.717) is 24.2 Å². The summed E-state index contributed by atoms with van der Waals surface area (Å²) in [6.07, 6.45) is 0.937. The lowest BCUT2D eigenvalue weighted by Gasteiger charge is -2.30. The smallest absolute Gasteiger partial charge is 0.254 e. The zero-order valence-electron chi connectivity index (χ0n) is 17.0. The van der Waals surface area contributed by atoms with Gasteiger partial charge in [0.05, 0.1) is 0 Å². The van der Waals surface area contributed by atoms with E-state index >= 15 is 0 Å². The molecule has 0 aliphatic carbocycles. The van der Waals surface area contributed by atoms with Gasteiger partial charge in [0.1, 0.15) is 6.04 Å². The molecule has 1 aromatic heterocycles. The van der Waals surface area contributed by atoms with Crippen LogP contribution in [0.4, 0.5) is 0 Å². The molecule has 1 saturated heterocycles. The number of carbonyl (C=O) groups is 1. The lowest BCUT2D eigenvalue weighted by Crippen LogP contribution is -2.39. The number of nitrogens with zero attached hydrogens (tertiary/aromatic N) is 4. The summed E-state index contributed by atoms with van der Waals surface area (Å²) >= 11 is 0. The molecule has 0 N–H and O–H groups in total. The Morgan fingerprint density at radius 3 is 2.67 bits per heavy atom. The van der Waals surface area contributed by atoms with Crippen molar-refractivity contribution in [2.45, 2.75) is 47.1 Å². The predicted molar refractivity (Wildman–Crippen MR) is 105 cm³/mol. The number of rotatable bonds is 4. The fraction of sp³-hybridized carbons (Fsp3) is 0.571. The Labute approximate surface area is 161 Å². The van der Waals surface area contributed by atoms with Crippen LogP contribution in [0.5, 0.6) is 0 Å². The molecule has 1 amide bonds. The molecule has 1 aliphatic heterocycles. The topological polar surface area (TPSA) is 62.5 Å². The summed E-state index contributed by atoms with van der Waals surface area (Å²) in [6, 6.07) is 5.94. The van der Waals surface area contributed by atoms with Gasteiger partial charge in [0, 0.05) is 31.7 Å². The molecule has 2 heterocycles. The van der Waals surface area contributed by atoms with Crippen LogP contribution < -0.4 is 0 Å². The molecule has 0 spiro atoms. The Morgan fingerprint density at radius 1 is 1.26 bits per heavy atom. The van der Waals surface area contributed by atoms with Crippen molar-refractivity contribution in [2.75, 3.05) is 26.2 Å². The Bertz CT molecular complexity index is 799. The molecule has 0 saturated carbocycles. The molecule has 146 valence electrons. The van der Waals surface area contributed by atoms with E-state index in [9.17, 15) is 4.79 Å². The van der Waals surface area contributed by atoms with Gasteiger partial charge in [-0.25, -0.2) is 0 Å². The molecule has 27 heavy (non-hydrogen) atoms. The molecule has 1 atom stereocenters. The van der Waals surface area contributed by atoms with Crippen LogP contribution in [-0.4, -0.2) is 52.0 Å². The highest BCUT2D eigenvalue weighted by Gasteiger charge is 2.33. The monoisotopic (exact) mass is 370 g/mol. The van der Waals surface area contributed by atoms with Crippen molar-refractivity contribution in [3.05, 3.63) is 46.6 Å². The van der Waals surface area contributed by atoms with Gasteiger partial charge in [-0.1, -0.05) is 36.7 Å². The Hall–Kier alpha value is -2.21. The van der Waals surface area contributed by atoms with Crippen LogP contribution in [0.1, 0.15) is 59.5 Å². The third kappa shape index (κ3) is 4.56.